The largest absolute Gasteiger partial charge is 0.481 e. The van der Waals surface area contributed by atoms with Crippen LogP contribution in [0.25, 0.3) is 0 Å². The lowest BCUT2D eigenvalue weighted by molar-refractivity contribution is -0.137. The van der Waals surface area contributed by atoms with E-state index in [9.17, 15) is 9.59 Å². The molecule has 1 aromatic rings. The van der Waals surface area contributed by atoms with Crippen LogP contribution in [0, 0.1) is 12.8 Å². The average molecular weight is 298 g/mol. The van der Waals surface area contributed by atoms with Crippen LogP contribution in [0.3, 0.4) is 0 Å². The number of amides is 1. The molecule has 0 spiro atoms. The van der Waals surface area contributed by atoms with Gasteiger partial charge in [-0.05, 0) is 37.3 Å². The number of carboxylic acids is 1. The van der Waals surface area contributed by atoms with E-state index >= 15 is 0 Å². The number of aliphatic carboxylic acids is 1. The quantitative estimate of drug-likeness (QED) is 0.811. The zero-order valence-corrected chi connectivity index (χ0v) is 12.5. The van der Waals surface area contributed by atoms with Crippen LogP contribution in [0.1, 0.15) is 42.1 Å². The number of carbonyl (C=O) groups is 2. The fourth-order valence-electron chi connectivity index (χ4n) is 1.86. The van der Waals surface area contributed by atoms with Crippen LogP contribution in [-0.4, -0.2) is 23.5 Å². The molecule has 2 N–H and O–H groups in total. The van der Waals surface area contributed by atoms with Gasteiger partial charge in [-0.15, -0.1) is 0 Å². The van der Waals surface area contributed by atoms with Gasteiger partial charge in [-0.25, -0.2) is 0 Å². The van der Waals surface area contributed by atoms with Crippen LogP contribution in [-0.2, 0) is 4.79 Å². The Morgan fingerprint density at radius 1 is 1.35 bits per heavy atom. The average Bonchev–Trinajstić information content (AvgIpc) is 2.39. The van der Waals surface area contributed by atoms with E-state index in [2.05, 4.69) is 5.32 Å². The lowest BCUT2D eigenvalue weighted by Gasteiger charge is -2.12. The van der Waals surface area contributed by atoms with Crippen molar-refractivity contribution >= 4 is 23.5 Å². The molecule has 0 heterocycles. The van der Waals surface area contributed by atoms with Gasteiger partial charge in [0.1, 0.15) is 0 Å². The van der Waals surface area contributed by atoms with Crippen molar-refractivity contribution in [1.82, 2.24) is 5.32 Å². The number of benzene rings is 1. The van der Waals surface area contributed by atoms with E-state index in [1.807, 2.05) is 19.9 Å². The lowest BCUT2D eigenvalue weighted by atomic mass is 10.0. The molecule has 4 nitrogen and oxygen atoms in total. The van der Waals surface area contributed by atoms with E-state index in [1.165, 1.54) is 0 Å². The minimum absolute atomic E-state index is 0.165. The lowest BCUT2D eigenvalue weighted by Crippen LogP contribution is -2.26. The Kier molecular flexibility index (Phi) is 6.52. The van der Waals surface area contributed by atoms with Gasteiger partial charge in [0.25, 0.3) is 5.91 Å². The van der Waals surface area contributed by atoms with E-state index in [1.54, 1.807) is 12.1 Å². The van der Waals surface area contributed by atoms with Crippen LogP contribution >= 0.6 is 11.6 Å². The van der Waals surface area contributed by atoms with Crippen molar-refractivity contribution < 1.29 is 14.7 Å². The molecule has 0 saturated heterocycles. The van der Waals surface area contributed by atoms with Gasteiger partial charge < -0.3 is 10.4 Å². The van der Waals surface area contributed by atoms with Crippen LogP contribution in [0.15, 0.2) is 18.2 Å². The topological polar surface area (TPSA) is 66.4 Å². The first-order chi connectivity index (χ1) is 9.41. The van der Waals surface area contributed by atoms with Gasteiger partial charge in [0.2, 0.25) is 0 Å². The number of hydrogen-bond acceptors (Lipinski definition) is 2. The fraction of sp³-hybridized carbons (Fsp3) is 0.467. The molecule has 0 saturated carbocycles. The summed E-state index contributed by atoms with van der Waals surface area (Å²) in [5.74, 6) is -0.712. The highest BCUT2D eigenvalue weighted by molar-refractivity contribution is 6.34. The van der Waals surface area contributed by atoms with Crippen molar-refractivity contribution in [3.8, 4) is 0 Å². The Morgan fingerprint density at radius 3 is 2.70 bits per heavy atom. The number of aryl methyl sites for hydroxylation is 1. The molecule has 1 amide bonds. The Morgan fingerprint density at radius 2 is 2.05 bits per heavy atom. The molecular weight excluding hydrogens is 278 g/mol. The van der Waals surface area contributed by atoms with Crippen LogP contribution in [0.2, 0.25) is 5.02 Å². The molecule has 110 valence electrons. The summed E-state index contributed by atoms with van der Waals surface area (Å²) in [4.78, 5) is 22.4. The minimum Gasteiger partial charge on any atom is -0.481 e. The Bertz CT molecular complexity index is 488. The molecule has 0 fully saturated rings. The molecule has 0 aliphatic carbocycles. The van der Waals surface area contributed by atoms with Gasteiger partial charge >= 0.3 is 5.97 Å². The van der Waals surface area contributed by atoms with Crippen molar-refractivity contribution in [3.63, 3.8) is 0 Å². The SMILES string of the molecule is Cc1cccc(C(=O)NCCC(C)CCC(=O)O)c1Cl. The summed E-state index contributed by atoms with van der Waals surface area (Å²) in [6, 6.07) is 5.34. The zero-order chi connectivity index (χ0) is 15.1. The molecule has 0 aliphatic rings. The highest BCUT2D eigenvalue weighted by Gasteiger charge is 2.12. The van der Waals surface area contributed by atoms with Crippen molar-refractivity contribution in [1.29, 1.82) is 0 Å². The first-order valence-corrected chi connectivity index (χ1v) is 7.04. The highest BCUT2D eigenvalue weighted by Crippen LogP contribution is 2.20. The van der Waals surface area contributed by atoms with Crippen molar-refractivity contribution in [2.24, 2.45) is 5.92 Å². The van der Waals surface area contributed by atoms with Gasteiger partial charge in [-0.1, -0.05) is 30.7 Å². The third-order valence-corrected chi connectivity index (χ3v) is 3.71. The normalized spacial score (nSPS) is 11.9. The van der Waals surface area contributed by atoms with E-state index in [4.69, 9.17) is 16.7 Å². The van der Waals surface area contributed by atoms with Gasteiger partial charge in [0.15, 0.2) is 0 Å². The van der Waals surface area contributed by atoms with E-state index in [0.717, 1.165) is 12.0 Å². The molecule has 0 aliphatic heterocycles. The van der Waals surface area contributed by atoms with Crippen molar-refractivity contribution in [2.75, 3.05) is 6.54 Å². The monoisotopic (exact) mass is 297 g/mol. The maximum absolute atomic E-state index is 12.0. The third-order valence-electron chi connectivity index (χ3n) is 3.21. The predicted octanol–water partition coefficient (Wildman–Crippen LogP) is 3.27. The maximum atomic E-state index is 12.0. The predicted molar refractivity (Wildman–Crippen MR) is 79.2 cm³/mol. The number of rotatable bonds is 7. The Balaban J connectivity index is 2.40. The van der Waals surface area contributed by atoms with Gasteiger partial charge in [-0.3, -0.25) is 9.59 Å². The summed E-state index contributed by atoms with van der Waals surface area (Å²) in [5.41, 5.74) is 1.35. The molecule has 0 radical (unpaired) electrons. The van der Waals surface area contributed by atoms with Gasteiger partial charge in [-0.2, -0.15) is 0 Å². The van der Waals surface area contributed by atoms with Crippen molar-refractivity contribution in [3.05, 3.63) is 34.3 Å². The van der Waals surface area contributed by atoms with Gasteiger partial charge in [0.05, 0.1) is 10.6 Å². The number of halogens is 1. The molecule has 1 atom stereocenters. The third kappa shape index (κ3) is 5.21. The standard InChI is InChI=1S/C15H20ClNO3/c1-10(6-7-13(18)19)8-9-17-15(20)12-5-3-4-11(2)14(12)16/h3-5,10H,6-9H2,1-2H3,(H,17,20)(H,18,19). The second-order valence-electron chi connectivity index (χ2n) is 5.02. The number of carbonyl (C=O) groups excluding carboxylic acids is 1. The van der Waals surface area contributed by atoms with E-state index in [-0.39, 0.29) is 18.2 Å². The molecule has 1 rings (SSSR count). The molecule has 5 heteroatoms. The van der Waals surface area contributed by atoms with E-state index in [0.29, 0.717) is 23.6 Å². The number of hydrogen-bond donors (Lipinski definition) is 2. The van der Waals surface area contributed by atoms with E-state index < -0.39 is 5.97 Å². The fourth-order valence-corrected chi connectivity index (χ4v) is 2.08. The summed E-state index contributed by atoms with van der Waals surface area (Å²) in [6.45, 7) is 4.35. The maximum Gasteiger partial charge on any atom is 0.303 e. The molecule has 0 aromatic heterocycles. The summed E-state index contributed by atoms with van der Waals surface area (Å²) < 4.78 is 0. The minimum atomic E-state index is -0.785. The summed E-state index contributed by atoms with van der Waals surface area (Å²) in [7, 11) is 0. The smallest absolute Gasteiger partial charge is 0.303 e. The van der Waals surface area contributed by atoms with Crippen LogP contribution in [0.5, 0.6) is 0 Å². The van der Waals surface area contributed by atoms with Gasteiger partial charge in [0, 0.05) is 13.0 Å². The second kappa shape index (κ2) is 7.90. The number of nitrogens with one attached hydrogen (secondary N) is 1. The molecule has 1 unspecified atom stereocenters. The summed E-state index contributed by atoms with van der Waals surface area (Å²) >= 11 is 6.09. The summed E-state index contributed by atoms with van der Waals surface area (Å²) in [6.07, 6.45) is 1.54. The first kappa shape index (κ1) is 16.5. The molecule has 20 heavy (non-hydrogen) atoms. The first-order valence-electron chi connectivity index (χ1n) is 6.67. The molecule has 0 bridgehead atoms. The Labute approximate surface area is 124 Å². The summed E-state index contributed by atoms with van der Waals surface area (Å²) in [5, 5.41) is 11.9. The second-order valence-corrected chi connectivity index (χ2v) is 5.40. The Hall–Kier alpha value is -1.55. The van der Waals surface area contributed by atoms with Crippen molar-refractivity contribution in [2.45, 2.75) is 33.1 Å². The number of carboxylic acid groups (broad SMARTS) is 1. The van der Waals surface area contributed by atoms with Crippen LogP contribution in [0.4, 0.5) is 0 Å². The molecular formula is C15H20ClNO3. The van der Waals surface area contributed by atoms with Crippen LogP contribution < -0.4 is 5.32 Å². The zero-order valence-electron chi connectivity index (χ0n) is 11.8. The highest BCUT2D eigenvalue weighted by atomic mass is 35.5. The molecule has 1 aromatic carbocycles.